The van der Waals surface area contributed by atoms with E-state index in [-0.39, 0.29) is 0 Å². The molecule has 1 atom stereocenters. The summed E-state index contributed by atoms with van der Waals surface area (Å²) < 4.78 is 1.34. The Balaban J connectivity index is 2.22. The van der Waals surface area contributed by atoms with Crippen molar-refractivity contribution in [2.24, 2.45) is 0 Å². The molecule has 0 aliphatic carbocycles. The van der Waals surface area contributed by atoms with Crippen LogP contribution < -0.4 is 5.32 Å². The third kappa shape index (κ3) is 2.35. The van der Waals surface area contributed by atoms with Crippen LogP contribution in [0.25, 0.3) is 5.69 Å². The van der Waals surface area contributed by atoms with Crippen LogP contribution in [0.2, 0.25) is 0 Å². The summed E-state index contributed by atoms with van der Waals surface area (Å²) in [5, 5.41) is 23.5. The van der Waals surface area contributed by atoms with Crippen LogP contribution in [0.1, 0.15) is 16.6 Å². The number of amides is 1. The smallest absolute Gasteiger partial charge is 0.325 e. The van der Waals surface area contributed by atoms with Gasteiger partial charge in [0.2, 0.25) is 0 Å². The van der Waals surface area contributed by atoms with Crippen molar-refractivity contribution in [1.29, 1.82) is 0 Å². The Bertz CT molecular complexity index is 565. The Morgan fingerprint density at radius 3 is 2.94 bits per heavy atom. The predicted molar refractivity (Wildman–Crippen MR) is 61.6 cm³/mol. The van der Waals surface area contributed by atoms with Crippen LogP contribution in [-0.2, 0) is 4.79 Å². The fourth-order valence-electron chi connectivity index (χ4n) is 1.25. The van der Waals surface area contributed by atoms with E-state index in [0.29, 0.717) is 10.6 Å². The van der Waals surface area contributed by atoms with Crippen molar-refractivity contribution in [2.75, 3.05) is 0 Å². The molecule has 2 heterocycles. The molecule has 0 aliphatic heterocycles. The third-order valence-corrected chi connectivity index (χ3v) is 3.07. The second-order valence-corrected chi connectivity index (χ2v) is 4.34. The average molecular weight is 267 g/mol. The van der Waals surface area contributed by atoms with Gasteiger partial charge in [0.15, 0.2) is 0 Å². The summed E-state index contributed by atoms with van der Waals surface area (Å²) in [5.41, 5.74) is 0.514. The molecular formula is C9H9N5O3S. The highest BCUT2D eigenvalue weighted by atomic mass is 32.1. The van der Waals surface area contributed by atoms with Crippen LogP contribution in [0.15, 0.2) is 17.8 Å². The number of carbonyl (C=O) groups is 2. The maximum absolute atomic E-state index is 11.9. The molecule has 0 spiro atoms. The molecule has 0 radical (unpaired) electrons. The Kier molecular flexibility index (Phi) is 3.33. The van der Waals surface area contributed by atoms with Crippen molar-refractivity contribution in [3.63, 3.8) is 0 Å². The van der Waals surface area contributed by atoms with Crippen LogP contribution in [0.3, 0.4) is 0 Å². The van der Waals surface area contributed by atoms with Crippen LogP contribution in [0, 0.1) is 0 Å². The minimum absolute atomic E-state index is 0.357. The van der Waals surface area contributed by atoms with E-state index in [0.717, 1.165) is 0 Å². The molecule has 2 aromatic rings. The Morgan fingerprint density at radius 1 is 1.56 bits per heavy atom. The Morgan fingerprint density at radius 2 is 2.33 bits per heavy atom. The number of rotatable bonds is 4. The number of carboxylic acids is 1. The highest BCUT2D eigenvalue weighted by Gasteiger charge is 2.20. The van der Waals surface area contributed by atoms with Gasteiger partial charge in [0.25, 0.3) is 5.91 Å². The van der Waals surface area contributed by atoms with Crippen molar-refractivity contribution >= 4 is 23.2 Å². The molecule has 2 rings (SSSR count). The lowest BCUT2D eigenvalue weighted by atomic mass is 10.3. The molecule has 0 saturated heterocycles. The number of aromatic nitrogens is 4. The molecule has 2 aromatic heterocycles. The van der Waals surface area contributed by atoms with Gasteiger partial charge in [-0.15, -0.1) is 16.4 Å². The second kappa shape index (κ2) is 4.92. The summed E-state index contributed by atoms with van der Waals surface area (Å²) in [6, 6.07) is 0.725. The lowest BCUT2D eigenvalue weighted by Gasteiger charge is -2.08. The highest BCUT2D eigenvalue weighted by Crippen LogP contribution is 2.19. The molecule has 0 aromatic carbocycles. The van der Waals surface area contributed by atoms with Gasteiger partial charge >= 0.3 is 5.97 Å². The van der Waals surface area contributed by atoms with Gasteiger partial charge in [0, 0.05) is 0 Å². The maximum atomic E-state index is 11.9. The zero-order valence-electron chi connectivity index (χ0n) is 9.27. The molecular weight excluding hydrogens is 258 g/mol. The van der Waals surface area contributed by atoms with E-state index in [1.807, 2.05) is 0 Å². The first kappa shape index (κ1) is 12.2. The molecule has 0 bridgehead atoms. The standard InChI is InChI=1S/C9H9N5O3S/c1-5(9(16)17)11-8(15)7-6(2-3-18-7)14-4-10-12-13-14/h2-5H,1H3,(H,11,15)(H,16,17). The van der Waals surface area contributed by atoms with E-state index in [9.17, 15) is 9.59 Å². The van der Waals surface area contributed by atoms with E-state index in [4.69, 9.17) is 5.11 Å². The van der Waals surface area contributed by atoms with Gasteiger partial charge in [-0.2, -0.15) is 4.68 Å². The number of hydrogen-bond donors (Lipinski definition) is 2. The molecule has 1 amide bonds. The first-order chi connectivity index (χ1) is 8.59. The van der Waals surface area contributed by atoms with Gasteiger partial charge in [0.1, 0.15) is 17.2 Å². The number of nitrogens with one attached hydrogen (secondary N) is 1. The summed E-state index contributed by atoms with van der Waals surface area (Å²) in [5.74, 6) is -1.56. The van der Waals surface area contributed by atoms with Crippen molar-refractivity contribution in [3.05, 3.63) is 22.7 Å². The second-order valence-electron chi connectivity index (χ2n) is 3.42. The SMILES string of the molecule is CC(NC(=O)c1sccc1-n1cnnn1)C(=O)O. The lowest BCUT2D eigenvalue weighted by molar-refractivity contribution is -0.138. The normalized spacial score (nSPS) is 12.1. The Hall–Kier alpha value is -2.29. The summed E-state index contributed by atoms with van der Waals surface area (Å²) in [6.07, 6.45) is 1.36. The fourth-order valence-corrected chi connectivity index (χ4v) is 2.03. The topological polar surface area (TPSA) is 110 Å². The van der Waals surface area contributed by atoms with Gasteiger partial charge in [-0.25, -0.2) is 0 Å². The summed E-state index contributed by atoms with van der Waals surface area (Å²) in [7, 11) is 0. The molecule has 0 aliphatic rings. The van der Waals surface area contributed by atoms with E-state index in [2.05, 4.69) is 20.8 Å². The van der Waals surface area contributed by atoms with Crippen molar-refractivity contribution in [2.45, 2.75) is 13.0 Å². The quantitative estimate of drug-likeness (QED) is 0.802. The minimum atomic E-state index is -1.09. The maximum Gasteiger partial charge on any atom is 0.325 e. The summed E-state index contributed by atoms with van der Waals surface area (Å²) in [6.45, 7) is 1.39. The van der Waals surface area contributed by atoms with E-state index in [1.165, 1.54) is 29.3 Å². The number of hydrogen-bond acceptors (Lipinski definition) is 6. The predicted octanol–water partition coefficient (Wildman–Crippen LogP) is -0.0733. The van der Waals surface area contributed by atoms with Gasteiger partial charge in [-0.1, -0.05) is 0 Å². The van der Waals surface area contributed by atoms with Gasteiger partial charge in [-0.3, -0.25) is 9.59 Å². The van der Waals surface area contributed by atoms with Crippen molar-refractivity contribution in [3.8, 4) is 5.69 Å². The number of nitrogens with zero attached hydrogens (tertiary/aromatic N) is 4. The van der Waals surface area contributed by atoms with Crippen LogP contribution in [0.5, 0.6) is 0 Å². The molecule has 18 heavy (non-hydrogen) atoms. The van der Waals surface area contributed by atoms with Crippen LogP contribution in [0.4, 0.5) is 0 Å². The first-order valence-electron chi connectivity index (χ1n) is 4.94. The zero-order valence-corrected chi connectivity index (χ0v) is 10.1. The molecule has 94 valence electrons. The fraction of sp³-hybridized carbons (Fsp3) is 0.222. The van der Waals surface area contributed by atoms with Gasteiger partial charge < -0.3 is 10.4 Å². The van der Waals surface area contributed by atoms with Crippen molar-refractivity contribution < 1.29 is 14.7 Å². The minimum Gasteiger partial charge on any atom is -0.480 e. The number of carboxylic acid groups (broad SMARTS) is 1. The molecule has 8 nitrogen and oxygen atoms in total. The van der Waals surface area contributed by atoms with E-state index < -0.39 is 17.9 Å². The number of tetrazole rings is 1. The third-order valence-electron chi connectivity index (χ3n) is 2.16. The van der Waals surface area contributed by atoms with E-state index >= 15 is 0 Å². The number of thiophene rings is 1. The largest absolute Gasteiger partial charge is 0.480 e. The van der Waals surface area contributed by atoms with E-state index in [1.54, 1.807) is 11.4 Å². The molecule has 9 heteroatoms. The molecule has 2 N–H and O–H groups in total. The van der Waals surface area contributed by atoms with Crippen LogP contribution >= 0.6 is 11.3 Å². The molecule has 1 unspecified atom stereocenters. The highest BCUT2D eigenvalue weighted by molar-refractivity contribution is 7.12. The Labute approximate surface area is 105 Å². The van der Waals surface area contributed by atoms with Crippen LogP contribution in [-0.4, -0.2) is 43.2 Å². The first-order valence-corrected chi connectivity index (χ1v) is 5.82. The lowest BCUT2D eigenvalue weighted by Crippen LogP contribution is -2.38. The van der Waals surface area contributed by atoms with Gasteiger partial charge in [-0.05, 0) is 28.8 Å². The summed E-state index contributed by atoms with van der Waals surface area (Å²) in [4.78, 5) is 22.9. The monoisotopic (exact) mass is 267 g/mol. The molecule has 0 saturated carbocycles. The number of carbonyl (C=O) groups excluding carboxylic acids is 1. The van der Waals surface area contributed by atoms with Crippen molar-refractivity contribution in [1.82, 2.24) is 25.5 Å². The number of aliphatic carboxylic acids is 1. The van der Waals surface area contributed by atoms with Gasteiger partial charge in [0.05, 0.1) is 5.69 Å². The molecule has 0 fully saturated rings. The average Bonchev–Trinajstić information content (AvgIpc) is 2.99. The summed E-state index contributed by atoms with van der Waals surface area (Å²) >= 11 is 1.19. The zero-order chi connectivity index (χ0) is 13.1.